The van der Waals surface area contributed by atoms with Crippen molar-refractivity contribution in [2.75, 3.05) is 12.3 Å². The molecule has 0 saturated carbocycles. The molecule has 0 atom stereocenters. The number of carbonyl (C=O) groups excluding carboxylic acids is 4. The highest BCUT2D eigenvalue weighted by molar-refractivity contribution is 8.01. The number of nitrogens with one attached hydrogen (secondary N) is 1. The van der Waals surface area contributed by atoms with Crippen molar-refractivity contribution in [2.45, 2.75) is 43.6 Å². The molecule has 0 bridgehead atoms. The Kier molecular flexibility index (Phi) is 6.59. The molecule has 2 heterocycles. The summed E-state index contributed by atoms with van der Waals surface area (Å²) >= 11 is 2.57. The van der Waals surface area contributed by atoms with E-state index in [0.29, 0.717) is 21.7 Å². The standard InChI is InChI=1S/C15H19N3O6S2/c1-15(2,3)23-13(22)16-6-7-25-14-17-9(8-26-14)12(21)24-18-10(19)4-5-11(18)20/h8H,4-7H2,1-3H3,(H,16,22). The number of amides is 3. The summed E-state index contributed by atoms with van der Waals surface area (Å²) in [4.78, 5) is 55.2. The quantitative estimate of drug-likeness (QED) is 0.437. The first-order valence-corrected chi connectivity index (χ1v) is 9.65. The lowest BCUT2D eigenvalue weighted by atomic mass is 10.2. The van der Waals surface area contributed by atoms with E-state index in [1.807, 2.05) is 0 Å². The third-order valence-electron chi connectivity index (χ3n) is 2.87. The lowest BCUT2D eigenvalue weighted by molar-refractivity contribution is -0.172. The van der Waals surface area contributed by atoms with Crippen molar-refractivity contribution in [3.63, 3.8) is 0 Å². The van der Waals surface area contributed by atoms with Gasteiger partial charge in [0, 0.05) is 30.5 Å². The van der Waals surface area contributed by atoms with Crippen LogP contribution in [0.2, 0.25) is 0 Å². The number of carbonyl (C=O) groups is 4. The number of alkyl carbamates (subject to hydrolysis) is 1. The molecule has 0 radical (unpaired) electrons. The van der Waals surface area contributed by atoms with E-state index in [4.69, 9.17) is 9.57 Å². The van der Waals surface area contributed by atoms with Crippen LogP contribution in [0.5, 0.6) is 0 Å². The SMILES string of the molecule is CC(C)(C)OC(=O)NCCSc1nc(C(=O)ON2C(=O)CCC2=O)cs1. The Morgan fingerprint density at radius 1 is 1.31 bits per heavy atom. The van der Waals surface area contributed by atoms with E-state index in [2.05, 4.69) is 10.3 Å². The van der Waals surface area contributed by atoms with Crippen LogP contribution in [0.15, 0.2) is 9.72 Å². The number of ether oxygens (including phenoxy) is 1. The number of rotatable bonds is 6. The van der Waals surface area contributed by atoms with E-state index in [9.17, 15) is 19.2 Å². The highest BCUT2D eigenvalue weighted by atomic mass is 32.2. The fourth-order valence-corrected chi connectivity index (χ4v) is 3.53. The minimum Gasteiger partial charge on any atom is -0.444 e. The number of thiazole rings is 1. The van der Waals surface area contributed by atoms with Gasteiger partial charge in [-0.3, -0.25) is 9.59 Å². The Labute approximate surface area is 158 Å². The van der Waals surface area contributed by atoms with Gasteiger partial charge in [0.05, 0.1) is 0 Å². The van der Waals surface area contributed by atoms with Gasteiger partial charge in [-0.25, -0.2) is 14.6 Å². The molecule has 1 saturated heterocycles. The predicted octanol–water partition coefficient (Wildman–Crippen LogP) is 1.98. The molecular weight excluding hydrogens is 382 g/mol. The molecule has 0 aliphatic carbocycles. The summed E-state index contributed by atoms with van der Waals surface area (Å²) in [5.41, 5.74) is -0.537. The molecule has 1 aromatic rings. The molecule has 9 nitrogen and oxygen atoms in total. The minimum absolute atomic E-state index is 0.0186. The van der Waals surface area contributed by atoms with E-state index in [1.54, 1.807) is 20.8 Å². The van der Waals surface area contributed by atoms with Gasteiger partial charge in [-0.05, 0) is 20.8 Å². The van der Waals surface area contributed by atoms with Crippen molar-refractivity contribution in [3.8, 4) is 0 Å². The van der Waals surface area contributed by atoms with Gasteiger partial charge in [-0.15, -0.1) is 16.4 Å². The van der Waals surface area contributed by atoms with E-state index < -0.39 is 29.5 Å². The Morgan fingerprint density at radius 2 is 1.96 bits per heavy atom. The second kappa shape index (κ2) is 8.49. The minimum atomic E-state index is -0.858. The number of hydroxylamine groups is 2. The van der Waals surface area contributed by atoms with Crippen molar-refractivity contribution in [1.29, 1.82) is 0 Å². The van der Waals surface area contributed by atoms with Crippen LogP contribution in [0.3, 0.4) is 0 Å². The normalized spacial score (nSPS) is 14.5. The van der Waals surface area contributed by atoms with Crippen molar-refractivity contribution in [1.82, 2.24) is 15.4 Å². The molecule has 3 amide bonds. The third kappa shape index (κ3) is 5.99. The number of imide groups is 1. The van der Waals surface area contributed by atoms with Gasteiger partial charge in [0.2, 0.25) is 0 Å². The summed E-state index contributed by atoms with van der Waals surface area (Å²) in [6, 6.07) is 0. The number of hydrogen-bond donors (Lipinski definition) is 1. The van der Waals surface area contributed by atoms with E-state index in [1.165, 1.54) is 28.5 Å². The molecule has 142 valence electrons. The third-order valence-corrected chi connectivity index (χ3v) is 4.89. The first kappa shape index (κ1) is 20.2. The molecular formula is C15H19N3O6S2. The number of thioether (sulfide) groups is 1. The lowest BCUT2D eigenvalue weighted by Gasteiger charge is -2.19. The highest BCUT2D eigenvalue weighted by Gasteiger charge is 2.33. The van der Waals surface area contributed by atoms with Crippen LogP contribution >= 0.6 is 23.1 Å². The van der Waals surface area contributed by atoms with Crippen molar-refractivity contribution >= 4 is 47.0 Å². The zero-order valence-electron chi connectivity index (χ0n) is 14.6. The molecule has 0 aromatic carbocycles. The first-order chi connectivity index (χ1) is 12.2. The van der Waals surface area contributed by atoms with Gasteiger partial charge in [0.1, 0.15) is 5.60 Å². The van der Waals surface area contributed by atoms with E-state index in [-0.39, 0.29) is 18.5 Å². The van der Waals surface area contributed by atoms with Crippen LogP contribution in [0.25, 0.3) is 0 Å². The molecule has 1 N–H and O–H groups in total. The Balaban J connectivity index is 1.75. The van der Waals surface area contributed by atoms with Crippen LogP contribution in [0.4, 0.5) is 4.79 Å². The van der Waals surface area contributed by atoms with Gasteiger partial charge in [0.25, 0.3) is 11.8 Å². The summed E-state index contributed by atoms with van der Waals surface area (Å²) in [6.45, 7) is 5.71. The number of nitrogens with zero attached hydrogens (tertiary/aromatic N) is 2. The summed E-state index contributed by atoms with van der Waals surface area (Å²) < 4.78 is 5.71. The maximum absolute atomic E-state index is 12.0. The van der Waals surface area contributed by atoms with Crippen molar-refractivity contribution in [3.05, 3.63) is 11.1 Å². The first-order valence-electron chi connectivity index (χ1n) is 7.79. The summed E-state index contributed by atoms with van der Waals surface area (Å²) in [6.07, 6.45) is -0.425. The Bertz CT molecular complexity index is 696. The zero-order valence-corrected chi connectivity index (χ0v) is 16.2. The average Bonchev–Trinajstić information content (AvgIpc) is 3.12. The summed E-state index contributed by atoms with van der Waals surface area (Å²) in [7, 11) is 0. The monoisotopic (exact) mass is 401 g/mol. The Morgan fingerprint density at radius 3 is 2.58 bits per heavy atom. The van der Waals surface area contributed by atoms with Crippen LogP contribution in [-0.2, 0) is 19.2 Å². The van der Waals surface area contributed by atoms with Crippen molar-refractivity contribution in [2.24, 2.45) is 0 Å². The number of aromatic nitrogens is 1. The smallest absolute Gasteiger partial charge is 0.407 e. The summed E-state index contributed by atoms with van der Waals surface area (Å²) in [5, 5.41) is 4.59. The topological polar surface area (TPSA) is 115 Å². The van der Waals surface area contributed by atoms with Crippen LogP contribution < -0.4 is 5.32 Å². The zero-order chi connectivity index (χ0) is 19.3. The molecule has 11 heteroatoms. The molecule has 1 aliphatic rings. The van der Waals surface area contributed by atoms with Gasteiger partial charge < -0.3 is 14.9 Å². The van der Waals surface area contributed by atoms with E-state index >= 15 is 0 Å². The molecule has 0 unspecified atom stereocenters. The fraction of sp³-hybridized carbons (Fsp3) is 0.533. The maximum Gasteiger partial charge on any atom is 0.407 e. The molecule has 2 rings (SSSR count). The largest absolute Gasteiger partial charge is 0.444 e. The van der Waals surface area contributed by atoms with Gasteiger partial charge in [0.15, 0.2) is 10.0 Å². The van der Waals surface area contributed by atoms with Gasteiger partial charge in [-0.1, -0.05) is 11.8 Å². The van der Waals surface area contributed by atoms with E-state index in [0.717, 1.165) is 0 Å². The predicted molar refractivity (Wildman–Crippen MR) is 93.6 cm³/mol. The Hall–Kier alpha value is -2.14. The molecule has 1 aromatic heterocycles. The van der Waals surface area contributed by atoms with Gasteiger partial charge >= 0.3 is 12.1 Å². The second-order valence-corrected chi connectivity index (χ2v) is 8.44. The molecule has 1 fully saturated rings. The van der Waals surface area contributed by atoms with Crippen LogP contribution in [0.1, 0.15) is 44.1 Å². The van der Waals surface area contributed by atoms with Crippen LogP contribution in [-0.4, -0.2) is 51.8 Å². The molecule has 26 heavy (non-hydrogen) atoms. The van der Waals surface area contributed by atoms with Crippen molar-refractivity contribution < 1.29 is 28.8 Å². The van der Waals surface area contributed by atoms with Crippen LogP contribution in [0, 0.1) is 0 Å². The molecule has 1 aliphatic heterocycles. The summed E-state index contributed by atoms with van der Waals surface area (Å²) in [5.74, 6) is -1.41. The fourth-order valence-electron chi connectivity index (χ4n) is 1.81. The average molecular weight is 401 g/mol. The van der Waals surface area contributed by atoms with Gasteiger partial charge in [-0.2, -0.15) is 0 Å². The molecule has 0 spiro atoms. The lowest BCUT2D eigenvalue weighted by Crippen LogP contribution is -2.33. The maximum atomic E-state index is 12.0. The highest BCUT2D eigenvalue weighted by Crippen LogP contribution is 2.23. The second-order valence-electron chi connectivity index (χ2n) is 6.24. The number of hydrogen-bond acceptors (Lipinski definition) is 9.